The standard InChI is InChI=1S/C16H24N2/c1-16(2,13-4-6-14(17)7-5-13)11-18-10-12-3-8-15(18)9-12/h4-7,12,15H,3,8-11,17H2,1-2H3. The summed E-state index contributed by atoms with van der Waals surface area (Å²) in [4.78, 5) is 2.71. The van der Waals surface area contributed by atoms with E-state index in [0.29, 0.717) is 0 Å². The molecule has 1 saturated carbocycles. The van der Waals surface area contributed by atoms with Crippen molar-refractivity contribution in [1.29, 1.82) is 0 Å². The van der Waals surface area contributed by atoms with Crippen LogP contribution in [0.25, 0.3) is 0 Å². The van der Waals surface area contributed by atoms with Gasteiger partial charge in [-0.2, -0.15) is 0 Å². The predicted octanol–water partition coefficient (Wildman–Crippen LogP) is 3.03. The molecule has 1 aliphatic heterocycles. The van der Waals surface area contributed by atoms with E-state index in [9.17, 15) is 0 Å². The van der Waals surface area contributed by atoms with Gasteiger partial charge in [-0.05, 0) is 42.9 Å². The number of fused-ring (bicyclic) bond motifs is 2. The number of nitrogens with two attached hydrogens (primary N) is 1. The summed E-state index contributed by atoms with van der Waals surface area (Å²) < 4.78 is 0. The van der Waals surface area contributed by atoms with E-state index in [1.54, 1.807) is 0 Å². The number of likely N-dealkylation sites (tertiary alicyclic amines) is 1. The van der Waals surface area contributed by atoms with Gasteiger partial charge in [0.15, 0.2) is 0 Å². The molecule has 2 atom stereocenters. The normalized spacial score (nSPS) is 27.9. The summed E-state index contributed by atoms with van der Waals surface area (Å²) in [6.45, 7) is 7.20. The Kier molecular flexibility index (Phi) is 2.86. The van der Waals surface area contributed by atoms with Crippen molar-refractivity contribution in [1.82, 2.24) is 4.90 Å². The third kappa shape index (κ3) is 2.14. The second kappa shape index (κ2) is 4.27. The smallest absolute Gasteiger partial charge is 0.0314 e. The lowest BCUT2D eigenvalue weighted by Crippen LogP contribution is -2.41. The van der Waals surface area contributed by atoms with Crippen molar-refractivity contribution >= 4 is 5.69 Å². The summed E-state index contributed by atoms with van der Waals surface area (Å²) in [7, 11) is 0. The zero-order chi connectivity index (χ0) is 12.8. The minimum atomic E-state index is 0.220. The van der Waals surface area contributed by atoms with Crippen molar-refractivity contribution in [3.63, 3.8) is 0 Å². The SMILES string of the molecule is CC(C)(CN1CC2CCC1C2)c1ccc(N)cc1. The molecule has 2 unspecified atom stereocenters. The average Bonchev–Trinajstić information content (AvgIpc) is 2.91. The predicted molar refractivity (Wildman–Crippen MR) is 76.6 cm³/mol. The molecule has 2 fully saturated rings. The Morgan fingerprint density at radius 2 is 1.94 bits per heavy atom. The topological polar surface area (TPSA) is 29.3 Å². The molecule has 98 valence electrons. The summed E-state index contributed by atoms with van der Waals surface area (Å²) in [5.41, 5.74) is 8.25. The van der Waals surface area contributed by atoms with Gasteiger partial charge < -0.3 is 5.73 Å². The van der Waals surface area contributed by atoms with Crippen molar-refractivity contribution < 1.29 is 0 Å². The molecule has 1 saturated heterocycles. The van der Waals surface area contributed by atoms with Gasteiger partial charge in [-0.3, -0.25) is 4.90 Å². The fourth-order valence-corrected chi connectivity index (χ4v) is 3.75. The summed E-state index contributed by atoms with van der Waals surface area (Å²) >= 11 is 0. The van der Waals surface area contributed by atoms with Crippen LogP contribution in [0.15, 0.2) is 24.3 Å². The Balaban J connectivity index is 1.72. The molecule has 2 N–H and O–H groups in total. The Morgan fingerprint density at radius 1 is 1.22 bits per heavy atom. The molecule has 2 heteroatoms. The minimum absolute atomic E-state index is 0.220. The maximum absolute atomic E-state index is 5.77. The third-order valence-corrected chi connectivity index (χ3v) is 4.81. The van der Waals surface area contributed by atoms with Gasteiger partial charge in [-0.1, -0.05) is 26.0 Å². The highest BCUT2D eigenvalue weighted by Crippen LogP contribution is 2.39. The van der Waals surface area contributed by atoms with Crippen LogP contribution in [0, 0.1) is 5.92 Å². The van der Waals surface area contributed by atoms with Gasteiger partial charge in [0.05, 0.1) is 0 Å². The molecule has 2 aliphatic rings. The quantitative estimate of drug-likeness (QED) is 0.828. The number of nitrogen functional groups attached to an aromatic ring is 1. The lowest BCUT2D eigenvalue weighted by molar-refractivity contribution is 0.176. The molecule has 3 rings (SSSR count). The zero-order valence-corrected chi connectivity index (χ0v) is 11.5. The van der Waals surface area contributed by atoms with E-state index < -0.39 is 0 Å². The highest BCUT2D eigenvalue weighted by atomic mass is 15.2. The Labute approximate surface area is 110 Å². The van der Waals surface area contributed by atoms with Crippen molar-refractivity contribution in [2.75, 3.05) is 18.8 Å². The van der Waals surface area contributed by atoms with Crippen LogP contribution >= 0.6 is 0 Å². The van der Waals surface area contributed by atoms with Crippen LogP contribution in [0.1, 0.15) is 38.7 Å². The maximum atomic E-state index is 5.77. The van der Waals surface area contributed by atoms with Crippen molar-refractivity contribution in [3.05, 3.63) is 29.8 Å². The molecule has 0 spiro atoms. The van der Waals surface area contributed by atoms with Crippen LogP contribution in [0.2, 0.25) is 0 Å². The van der Waals surface area contributed by atoms with Gasteiger partial charge in [-0.15, -0.1) is 0 Å². The fraction of sp³-hybridized carbons (Fsp3) is 0.625. The molecule has 1 aliphatic carbocycles. The molecule has 1 aromatic rings. The molecule has 2 bridgehead atoms. The highest BCUT2D eigenvalue weighted by Gasteiger charge is 2.39. The van der Waals surface area contributed by atoms with Gasteiger partial charge in [-0.25, -0.2) is 0 Å². The average molecular weight is 244 g/mol. The van der Waals surface area contributed by atoms with Crippen LogP contribution in [-0.4, -0.2) is 24.0 Å². The molecule has 2 nitrogen and oxygen atoms in total. The zero-order valence-electron chi connectivity index (χ0n) is 11.5. The Morgan fingerprint density at radius 3 is 2.50 bits per heavy atom. The molecular formula is C16H24N2. The second-order valence-corrected chi connectivity index (χ2v) is 6.77. The number of nitrogens with zero attached hydrogens (tertiary/aromatic N) is 1. The third-order valence-electron chi connectivity index (χ3n) is 4.81. The lowest BCUT2D eigenvalue weighted by Gasteiger charge is -2.35. The number of hydrogen-bond donors (Lipinski definition) is 1. The second-order valence-electron chi connectivity index (χ2n) is 6.77. The first-order chi connectivity index (χ1) is 8.54. The van der Waals surface area contributed by atoms with Gasteiger partial charge in [0.25, 0.3) is 0 Å². The van der Waals surface area contributed by atoms with Crippen molar-refractivity contribution in [3.8, 4) is 0 Å². The van der Waals surface area contributed by atoms with Crippen LogP contribution in [0.5, 0.6) is 0 Å². The molecule has 1 heterocycles. The van der Waals surface area contributed by atoms with Gasteiger partial charge in [0.1, 0.15) is 0 Å². The molecule has 0 radical (unpaired) electrons. The van der Waals surface area contributed by atoms with Crippen LogP contribution in [0.3, 0.4) is 0 Å². The lowest BCUT2D eigenvalue weighted by atomic mass is 9.83. The van der Waals surface area contributed by atoms with E-state index in [1.165, 1.54) is 37.9 Å². The van der Waals surface area contributed by atoms with Crippen LogP contribution in [-0.2, 0) is 5.41 Å². The first kappa shape index (κ1) is 12.0. The molecule has 1 aromatic carbocycles. The van der Waals surface area contributed by atoms with E-state index >= 15 is 0 Å². The van der Waals surface area contributed by atoms with E-state index in [0.717, 1.165) is 17.6 Å². The van der Waals surface area contributed by atoms with E-state index in [2.05, 4.69) is 30.9 Å². The highest BCUT2D eigenvalue weighted by molar-refractivity contribution is 5.41. The summed E-state index contributed by atoms with van der Waals surface area (Å²) in [5.74, 6) is 0.984. The number of rotatable bonds is 3. The van der Waals surface area contributed by atoms with Crippen LogP contribution in [0.4, 0.5) is 5.69 Å². The maximum Gasteiger partial charge on any atom is 0.0314 e. The molecular weight excluding hydrogens is 220 g/mol. The molecule has 18 heavy (non-hydrogen) atoms. The summed E-state index contributed by atoms with van der Waals surface area (Å²) in [6, 6.07) is 9.27. The van der Waals surface area contributed by atoms with E-state index in [-0.39, 0.29) is 5.41 Å². The molecule has 0 aromatic heterocycles. The van der Waals surface area contributed by atoms with Crippen molar-refractivity contribution in [2.24, 2.45) is 5.92 Å². The minimum Gasteiger partial charge on any atom is -0.399 e. The van der Waals surface area contributed by atoms with Gasteiger partial charge >= 0.3 is 0 Å². The van der Waals surface area contributed by atoms with Crippen molar-refractivity contribution in [2.45, 2.75) is 44.6 Å². The number of benzene rings is 1. The molecule has 0 amide bonds. The fourth-order valence-electron chi connectivity index (χ4n) is 3.75. The van der Waals surface area contributed by atoms with E-state index in [4.69, 9.17) is 5.73 Å². The monoisotopic (exact) mass is 244 g/mol. The number of anilines is 1. The summed E-state index contributed by atoms with van der Waals surface area (Å²) in [6.07, 6.45) is 4.32. The number of piperidine rings is 1. The largest absolute Gasteiger partial charge is 0.399 e. The first-order valence-corrected chi connectivity index (χ1v) is 7.15. The van der Waals surface area contributed by atoms with Crippen LogP contribution < -0.4 is 5.73 Å². The van der Waals surface area contributed by atoms with Gasteiger partial charge in [0.2, 0.25) is 0 Å². The first-order valence-electron chi connectivity index (χ1n) is 7.15. The Bertz CT molecular complexity index is 421. The number of hydrogen-bond acceptors (Lipinski definition) is 2. The van der Waals surface area contributed by atoms with Gasteiger partial charge in [0, 0.05) is 30.2 Å². The summed E-state index contributed by atoms with van der Waals surface area (Å²) in [5, 5.41) is 0. The van der Waals surface area contributed by atoms with E-state index in [1.807, 2.05) is 12.1 Å². The Hall–Kier alpha value is -1.02.